The summed E-state index contributed by atoms with van der Waals surface area (Å²) >= 11 is 6.14. The Bertz CT molecular complexity index is 1350. The van der Waals surface area contributed by atoms with Crippen LogP contribution in [0.3, 0.4) is 0 Å². The van der Waals surface area contributed by atoms with Gasteiger partial charge < -0.3 is 9.64 Å². The molecule has 0 N–H and O–H groups in total. The number of fused-ring (bicyclic) bond motifs is 3. The number of ether oxygens (including phenoxy) is 1. The van der Waals surface area contributed by atoms with Crippen LogP contribution in [0.25, 0.3) is 6.08 Å². The van der Waals surface area contributed by atoms with Crippen LogP contribution in [-0.4, -0.2) is 25.0 Å². The maximum absolute atomic E-state index is 14.1. The van der Waals surface area contributed by atoms with Crippen molar-refractivity contribution in [2.45, 2.75) is 18.0 Å². The number of carbonyl (C=O) groups excluding carboxylic acids is 1. The van der Waals surface area contributed by atoms with E-state index in [1.54, 1.807) is 55.6 Å². The average molecular weight is 466 g/mol. The second kappa shape index (κ2) is 8.37. The van der Waals surface area contributed by atoms with Gasteiger partial charge in [0.05, 0.1) is 25.3 Å². The summed E-state index contributed by atoms with van der Waals surface area (Å²) in [5, 5.41) is 21.4. The van der Waals surface area contributed by atoms with Crippen LogP contribution in [-0.2, 0) is 0 Å². The molecule has 1 saturated heterocycles. The van der Waals surface area contributed by atoms with E-state index in [1.165, 1.54) is 0 Å². The normalized spacial score (nSPS) is 21.6. The average Bonchev–Trinajstić information content (AvgIpc) is 3.19. The summed E-state index contributed by atoms with van der Waals surface area (Å²) in [6.07, 6.45) is 3.80. The smallest absolute Gasteiger partial charge is 0.185 e. The summed E-state index contributed by atoms with van der Waals surface area (Å²) < 4.78 is 5.25. The van der Waals surface area contributed by atoms with E-state index in [0.29, 0.717) is 16.3 Å². The topological polar surface area (TPSA) is 77.1 Å². The van der Waals surface area contributed by atoms with Crippen molar-refractivity contribution in [3.63, 3.8) is 0 Å². The molecular weight excluding hydrogens is 446 g/mol. The zero-order valence-electron chi connectivity index (χ0n) is 18.4. The van der Waals surface area contributed by atoms with Crippen molar-refractivity contribution in [1.29, 1.82) is 10.5 Å². The van der Waals surface area contributed by atoms with Crippen molar-refractivity contribution >= 4 is 29.1 Å². The standard InChI is InChI=1S/C28H20ClN3O2/c1-34-22-13-8-20(9-14-22)27(33)26-25(19-6-11-21(29)12-7-19)28(16-30,17-31)24-15-10-18-4-2-3-5-23(18)32(24)26/h2-15,24-26H,1H3/t24-,25-,26+/m1/s1. The molecule has 3 atom stereocenters. The molecule has 166 valence electrons. The number of methoxy groups -OCH3 is 1. The van der Waals surface area contributed by atoms with Gasteiger partial charge in [0.2, 0.25) is 0 Å². The molecule has 1 fully saturated rings. The number of rotatable bonds is 4. The van der Waals surface area contributed by atoms with Crippen LogP contribution in [0.5, 0.6) is 5.75 Å². The van der Waals surface area contributed by atoms with Crippen LogP contribution in [0, 0.1) is 28.1 Å². The van der Waals surface area contributed by atoms with Gasteiger partial charge in [-0.25, -0.2) is 0 Å². The number of carbonyl (C=O) groups is 1. The van der Waals surface area contributed by atoms with Crippen molar-refractivity contribution in [1.82, 2.24) is 0 Å². The first-order chi connectivity index (χ1) is 16.5. The number of nitriles is 2. The fourth-order valence-electron chi connectivity index (χ4n) is 5.20. The maximum Gasteiger partial charge on any atom is 0.185 e. The molecule has 0 unspecified atom stereocenters. The van der Waals surface area contributed by atoms with E-state index in [1.807, 2.05) is 41.3 Å². The SMILES string of the molecule is COc1ccc(C(=O)[C@@H]2[C@@H](c3ccc(Cl)cc3)C(C#N)(C#N)[C@H]3C=Cc4ccccc4N23)cc1. The summed E-state index contributed by atoms with van der Waals surface area (Å²) in [6, 6.07) is 25.0. The molecule has 2 aliphatic heterocycles. The molecule has 0 saturated carbocycles. The minimum absolute atomic E-state index is 0.162. The molecular formula is C28H20ClN3O2. The molecule has 5 nitrogen and oxygen atoms in total. The molecule has 2 aliphatic rings. The van der Waals surface area contributed by atoms with Crippen LogP contribution >= 0.6 is 11.6 Å². The number of nitrogens with zero attached hydrogens (tertiary/aromatic N) is 3. The number of Topliss-reactive ketones (excluding diaryl/α,β-unsaturated/α-hetero) is 1. The van der Waals surface area contributed by atoms with E-state index in [0.717, 1.165) is 16.8 Å². The lowest BCUT2D eigenvalue weighted by Gasteiger charge is -2.35. The summed E-state index contributed by atoms with van der Waals surface area (Å²) in [6.45, 7) is 0. The highest BCUT2D eigenvalue weighted by Crippen LogP contribution is 2.55. The number of hydrogen-bond donors (Lipinski definition) is 0. The predicted molar refractivity (Wildman–Crippen MR) is 131 cm³/mol. The summed E-state index contributed by atoms with van der Waals surface area (Å²) in [5.41, 5.74) is 1.49. The van der Waals surface area contributed by atoms with Crippen LogP contribution in [0.4, 0.5) is 5.69 Å². The van der Waals surface area contributed by atoms with Gasteiger partial charge in [-0.15, -0.1) is 0 Å². The van der Waals surface area contributed by atoms with Crippen LogP contribution in [0.1, 0.15) is 27.4 Å². The van der Waals surface area contributed by atoms with Gasteiger partial charge in [-0.2, -0.15) is 10.5 Å². The molecule has 6 heteroatoms. The van der Waals surface area contributed by atoms with Crippen LogP contribution in [0.15, 0.2) is 78.9 Å². The summed E-state index contributed by atoms with van der Waals surface area (Å²) in [7, 11) is 1.57. The van der Waals surface area contributed by atoms with Gasteiger partial charge >= 0.3 is 0 Å². The fraction of sp³-hybridized carbons (Fsp3) is 0.179. The Balaban J connectivity index is 1.75. The predicted octanol–water partition coefficient (Wildman–Crippen LogP) is 5.63. The lowest BCUT2D eigenvalue weighted by molar-refractivity contribution is 0.0951. The van der Waals surface area contributed by atoms with Crippen molar-refractivity contribution < 1.29 is 9.53 Å². The van der Waals surface area contributed by atoms with E-state index in [9.17, 15) is 15.3 Å². The lowest BCUT2D eigenvalue weighted by Crippen LogP contribution is -2.44. The Kier molecular flexibility index (Phi) is 5.36. The number of ketones is 1. The highest BCUT2D eigenvalue weighted by molar-refractivity contribution is 6.30. The van der Waals surface area contributed by atoms with Gasteiger partial charge in [0, 0.05) is 22.2 Å². The first-order valence-electron chi connectivity index (χ1n) is 10.9. The highest BCUT2D eigenvalue weighted by atomic mass is 35.5. The van der Waals surface area contributed by atoms with Crippen molar-refractivity contribution in [3.05, 3.63) is 101 Å². The first-order valence-corrected chi connectivity index (χ1v) is 11.2. The maximum atomic E-state index is 14.1. The third-order valence-electron chi connectivity index (χ3n) is 6.79. The molecule has 0 radical (unpaired) electrons. The first kappa shape index (κ1) is 21.8. The van der Waals surface area contributed by atoms with Crippen LogP contribution < -0.4 is 9.64 Å². The van der Waals surface area contributed by atoms with Crippen LogP contribution in [0.2, 0.25) is 5.02 Å². The molecule has 3 aromatic rings. The lowest BCUT2D eigenvalue weighted by atomic mass is 9.69. The van der Waals surface area contributed by atoms with Gasteiger partial charge in [-0.1, -0.05) is 54.1 Å². The highest BCUT2D eigenvalue weighted by Gasteiger charge is 2.63. The Morgan fingerprint density at radius 3 is 2.32 bits per heavy atom. The molecule has 34 heavy (non-hydrogen) atoms. The molecule has 0 spiro atoms. The van der Waals surface area contributed by atoms with Gasteiger partial charge in [0.1, 0.15) is 11.8 Å². The quantitative estimate of drug-likeness (QED) is 0.466. The van der Waals surface area contributed by atoms with E-state index < -0.39 is 23.4 Å². The Morgan fingerprint density at radius 1 is 1.00 bits per heavy atom. The third kappa shape index (κ3) is 3.17. The fourth-order valence-corrected chi connectivity index (χ4v) is 5.33. The summed E-state index contributed by atoms with van der Waals surface area (Å²) in [4.78, 5) is 16.1. The Morgan fingerprint density at radius 2 is 1.68 bits per heavy atom. The van der Waals surface area contributed by atoms with Gasteiger partial charge in [0.25, 0.3) is 0 Å². The number of halogens is 1. The summed E-state index contributed by atoms with van der Waals surface area (Å²) in [5.74, 6) is -0.218. The van der Waals surface area contributed by atoms with E-state index in [2.05, 4.69) is 12.1 Å². The number of hydrogen-bond acceptors (Lipinski definition) is 5. The van der Waals surface area contributed by atoms with Crippen molar-refractivity contribution in [3.8, 4) is 17.9 Å². The third-order valence-corrected chi connectivity index (χ3v) is 7.04. The number of anilines is 1. The minimum atomic E-state index is -1.48. The van der Waals surface area contributed by atoms with Gasteiger partial charge in [0.15, 0.2) is 11.2 Å². The molecule has 5 rings (SSSR count). The molecule has 3 aromatic carbocycles. The number of benzene rings is 3. The largest absolute Gasteiger partial charge is 0.497 e. The Hall–Kier alpha value is -4.06. The molecule has 0 aromatic heterocycles. The second-order valence-electron chi connectivity index (χ2n) is 8.43. The van der Waals surface area contributed by atoms with E-state index in [4.69, 9.17) is 16.3 Å². The van der Waals surface area contributed by atoms with E-state index in [-0.39, 0.29) is 5.78 Å². The second-order valence-corrected chi connectivity index (χ2v) is 8.87. The van der Waals surface area contributed by atoms with Crippen molar-refractivity contribution in [2.24, 2.45) is 5.41 Å². The molecule has 2 heterocycles. The minimum Gasteiger partial charge on any atom is -0.497 e. The Labute approximate surface area is 203 Å². The van der Waals surface area contributed by atoms with Crippen molar-refractivity contribution in [2.75, 3.05) is 12.0 Å². The molecule has 0 amide bonds. The van der Waals surface area contributed by atoms with Gasteiger partial charge in [-0.3, -0.25) is 4.79 Å². The monoisotopic (exact) mass is 465 g/mol. The number of para-hydroxylation sites is 1. The van der Waals surface area contributed by atoms with Gasteiger partial charge in [-0.05, 0) is 53.6 Å². The zero-order valence-corrected chi connectivity index (χ0v) is 19.1. The molecule has 0 aliphatic carbocycles. The van der Waals surface area contributed by atoms with E-state index >= 15 is 0 Å². The molecule has 0 bridgehead atoms. The zero-order chi connectivity index (χ0) is 23.9.